The van der Waals surface area contributed by atoms with E-state index in [0.717, 1.165) is 11.3 Å². The zero-order valence-electron chi connectivity index (χ0n) is 13.6. The van der Waals surface area contributed by atoms with Crippen LogP contribution in [-0.4, -0.2) is 53.3 Å². The first-order valence-electron chi connectivity index (χ1n) is 7.69. The van der Waals surface area contributed by atoms with Gasteiger partial charge in [0.05, 0.1) is 19.3 Å². The van der Waals surface area contributed by atoms with Crippen molar-refractivity contribution in [3.05, 3.63) is 48.2 Å². The molecule has 2 aromatic rings. The van der Waals surface area contributed by atoms with E-state index in [0.29, 0.717) is 19.6 Å². The Labute approximate surface area is 139 Å². The summed E-state index contributed by atoms with van der Waals surface area (Å²) in [6.07, 6.45) is 2.64. The minimum Gasteiger partial charge on any atom is -0.497 e. The van der Waals surface area contributed by atoms with E-state index in [4.69, 9.17) is 9.15 Å². The van der Waals surface area contributed by atoms with Crippen LogP contribution in [0.15, 0.2) is 41.3 Å². The summed E-state index contributed by atoms with van der Waals surface area (Å²) < 4.78 is 10.3. The number of carbonyl (C=O) groups excluding carboxylic acids is 2. The number of hydrogen-bond acceptors (Lipinski definition) is 5. The molecule has 0 aliphatic carbocycles. The fourth-order valence-corrected chi connectivity index (χ4v) is 2.93. The van der Waals surface area contributed by atoms with Crippen molar-refractivity contribution < 1.29 is 18.7 Å². The van der Waals surface area contributed by atoms with Crippen molar-refractivity contribution in [1.29, 1.82) is 0 Å². The second-order valence-electron chi connectivity index (χ2n) is 5.62. The monoisotopic (exact) mass is 329 g/mol. The highest BCUT2D eigenvalue weighted by Crippen LogP contribution is 2.28. The Balaban J connectivity index is 1.84. The topological polar surface area (TPSA) is 75.9 Å². The predicted octanol–water partition coefficient (Wildman–Crippen LogP) is 1.73. The number of amides is 2. The molecule has 1 aromatic carbocycles. The Morgan fingerprint density at radius 3 is 2.58 bits per heavy atom. The normalized spacial score (nSPS) is 17.7. The molecular weight excluding hydrogens is 310 g/mol. The number of piperazine rings is 1. The van der Waals surface area contributed by atoms with E-state index in [1.807, 2.05) is 24.3 Å². The largest absolute Gasteiger partial charge is 0.497 e. The lowest BCUT2D eigenvalue weighted by atomic mass is 10.0. The lowest BCUT2D eigenvalue weighted by Crippen LogP contribution is -2.51. The van der Waals surface area contributed by atoms with Crippen molar-refractivity contribution in [2.24, 2.45) is 0 Å². The smallest absolute Gasteiger partial charge is 0.291 e. The quantitative estimate of drug-likeness (QED) is 0.857. The summed E-state index contributed by atoms with van der Waals surface area (Å²) in [5.74, 6) is 0.732. The maximum atomic E-state index is 12.5. The summed E-state index contributed by atoms with van der Waals surface area (Å²) in [5, 5.41) is 0. The van der Waals surface area contributed by atoms with Gasteiger partial charge in [0.15, 0.2) is 6.39 Å². The number of aromatic nitrogens is 1. The average molecular weight is 329 g/mol. The molecule has 1 aromatic heterocycles. The van der Waals surface area contributed by atoms with Gasteiger partial charge in [-0.25, -0.2) is 4.98 Å². The van der Waals surface area contributed by atoms with Crippen molar-refractivity contribution in [2.75, 3.05) is 26.7 Å². The Hall–Kier alpha value is -2.83. The van der Waals surface area contributed by atoms with Crippen molar-refractivity contribution in [1.82, 2.24) is 14.8 Å². The van der Waals surface area contributed by atoms with Crippen molar-refractivity contribution in [3.8, 4) is 5.75 Å². The third kappa shape index (κ3) is 3.10. The van der Waals surface area contributed by atoms with Gasteiger partial charge in [-0.15, -0.1) is 0 Å². The number of oxazole rings is 1. The van der Waals surface area contributed by atoms with Crippen LogP contribution in [0, 0.1) is 0 Å². The highest BCUT2D eigenvalue weighted by Gasteiger charge is 2.33. The van der Waals surface area contributed by atoms with Gasteiger partial charge in [-0.3, -0.25) is 9.59 Å². The highest BCUT2D eigenvalue weighted by molar-refractivity contribution is 5.91. The molecule has 3 rings (SSSR count). The second-order valence-corrected chi connectivity index (χ2v) is 5.62. The van der Waals surface area contributed by atoms with Crippen molar-refractivity contribution >= 4 is 11.8 Å². The van der Waals surface area contributed by atoms with Crippen LogP contribution < -0.4 is 4.74 Å². The molecule has 1 saturated heterocycles. The van der Waals surface area contributed by atoms with Crippen LogP contribution in [0.2, 0.25) is 0 Å². The molecule has 1 aliphatic rings. The average Bonchev–Trinajstić information content (AvgIpc) is 3.15. The number of hydrogen-bond donors (Lipinski definition) is 0. The zero-order chi connectivity index (χ0) is 17.1. The van der Waals surface area contributed by atoms with E-state index >= 15 is 0 Å². The molecule has 1 aliphatic heterocycles. The van der Waals surface area contributed by atoms with Crippen LogP contribution in [0.5, 0.6) is 5.75 Å². The maximum Gasteiger partial charge on any atom is 0.291 e. The van der Waals surface area contributed by atoms with E-state index in [-0.39, 0.29) is 23.6 Å². The van der Waals surface area contributed by atoms with Crippen molar-refractivity contribution in [3.63, 3.8) is 0 Å². The van der Waals surface area contributed by atoms with E-state index in [1.54, 1.807) is 23.8 Å². The summed E-state index contributed by atoms with van der Waals surface area (Å²) in [4.78, 5) is 31.7. The van der Waals surface area contributed by atoms with Crippen LogP contribution in [0.1, 0.15) is 29.1 Å². The number of methoxy groups -OCH3 is 1. The van der Waals surface area contributed by atoms with Gasteiger partial charge >= 0.3 is 0 Å². The molecule has 0 unspecified atom stereocenters. The van der Waals surface area contributed by atoms with Crippen LogP contribution in [0.3, 0.4) is 0 Å². The number of carbonyl (C=O) groups is 2. The number of benzene rings is 1. The fourth-order valence-electron chi connectivity index (χ4n) is 2.93. The zero-order valence-corrected chi connectivity index (χ0v) is 13.6. The molecule has 7 nitrogen and oxygen atoms in total. The third-order valence-electron chi connectivity index (χ3n) is 4.22. The first-order valence-corrected chi connectivity index (χ1v) is 7.69. The SMILES string of the molecule is COc1ccc([C@H]2CN(C(=O)c3cnco3)CCN2C(C)=O)cc1. The summed E-state index contributed by atoms with van der Waals surface area (Å²) >= 11 is 0. The van der Waals surface area contributed by atoms with Crippen LogP contribution in [0.4, 0.5) is 0 Å². The van der Waals surface area contributed by atoms with Crippen LogP contribution >= 0.6 is 0 Å². The Morgan fingerprint density at radius 2 is 2.00 bits per heavy atom. The Kier molecular flexibility index (Phi) is 4.50. The molecule has 0 radical (unpaired) electrons. The Morgan fingerprint density at radius 1 is 1.25 bits per heavy atom. The highest BCUT2D eigenvalue weighted by atomic mass is 16.5. The second kappa shape index (κ2) is 6.74. The summed E-state index contributed by atoms with van der Waals surface area (Å²) in [5.41, 5.74) is 0.959. The van der Waals surface area contributed by atoms with Gasteiger partial charge in [-0.1, -0.05) is 12.1 Å². The molecule has 0 N–H and O–H groups in total. The van der Waals surface area contributed by atoms with Gasteiger partial charge in [0.1, 0.15) is 5.75 Å². The molecule has 2 amide bonds. The fraction of sp³-hybridized carbons (Fsp3) is 0.353. The summed E-state index contributed by atoms with van der Waals surface area (Å²) in [7, 11) is 1.61. The molecule has 1 atom stereocenters. The van der Waals surface area contributed by atoms with Gasteiger partial charge in [-0.05, 0) is 17.7 Å². The predicted molar refractivity (Wildman–Crippen MR) is 85.5 cm³/mol. The standard InChI is InChI=1S/C17H19N3O4/c1-12(21)20-8-7-19(17(22)16-9-18-11-24-16)10-15(20)13-3-5-14(23-2)6-4-13/h3-6,9,11,15H,7-8,10H2,1-2H3/t15-/m1/s1. The van der Waals surface area contributed by atoms with E-state index < -0.39 is 0 Å². The van der Waals surface area contributed by atoms with Gasteiger partial charge in [0.25, 0.3) is 5.91 Å². The van der Waals surface area contributed by atoms with Gasteiger partial charge in [0, 0.05) is 26.6 Å². The molecule has 7 heteroatoms. The first-order chi connectivity index (χ1) is 11.6. The molecule has 24 heavy (non-hydrogen) atoms. The molecule has 2 heterocycles. The van der Waals surface area contributed by atoms with E-state index in [1.165, 1.54) is 12.6 Å². The molecular formula is C17H19N3O4. The van der Waals surface area contributed by atoms with E-state index in [2.05, 4.69) is 4.98 Å². The van der Waals surface area contributed by atoms with Crippen LogP contribution in [0.25, 0.3) is 0 Å². The molecule has 0 bridgehead atoms. The minimum absolute atomic E-state index is 0.0115. The van der Waals surface area contributed by atoms with Gasteiger partial charge in [-0.2, -0.15) is 0 Å². The van der Waals surface area contributed by atoms with E-state index in [9.17, 15) is 9.59 Å². The number of rotatable bonds is 3. The Bertz CT molecular complexity index is 712. The molecule has 1 fully saturated rings. The molecule has 0 spiro atoms. The lowest BCUT2D eigenvalue weighted by molar-refractivity contribution is -0.133. The maximum absolute atomic E-state index is 12.5. The molecule has 0 saturated carbocycles. The van der Waals surface area contributed by atoms with Crippen molar-refractivity contribution in [2.45, 2.75) is 13.0 Å². The lowest BCUT2D eigenvalue weighted by Gasteiger charge is -2.41. The molecule has 126 valence electrons. The first kappa shape index (κ1) is 16.0. The number of nitrogens with zero attached hydrogens (tertiary/aromatic N) is 3. The third-order valence-corrected chi connectivity index (χ3v) is 4.22. The summed E-state index contributed by atoms with van der Waals surface area (Å²) in [6.45, 7) is 2.90. The van der Waals surface area contributed by atoms with Crippen LogP contribution in [-0.2, 0) is 4.79 Å². The number of ether oxygens (including phenoxy) is 1. The van der Waals surface area contributed by atoms with Gasteiger partial charge < -0.3 is 19.0 Å². The summed E-state index contributed by atoms with van der Waals surface area (Å²) in [6, 6.07) is 7.34. The van der Waals surface area contributed by atoms with Gasteiger partial charge in [0.2, 0.25) is 11.7 Å². The minimum atomic E-state index is -0.214.